The minimum atomic E-state index is 0.883. The van der Waals surface area contributed by atoms with E-state index in [0.717, 1.165) is 17.8 Å². The molecule has 2 aliphatic carbocycles. The molecule has 0 fully saturated rings. The largest absolute Gasteiger partial charge is 0.0804 e. The van der Waals surface area contributed by atoms with Crippen molar-refractivity contribution in [3.05, 3.63) is 47.5 Å². The smallest absolute Gasteiger partial charge is 0.0227 e. The van der Waals surface area contributed by atoms with Crippen LogP contribution in [0.15, 0.2) is 36.4 Å². The molecule has 0 saturated heterocycles. The Morgan fingerprint density at radius 1 is 0.793 bits per heavy atom. The first-order valence-corrected chi connectivity index (χ1v) is 12.7. The third-order valence-electron chi connectivity index (χ3n) is 7.56. The van der Waals surface area contributed by atoms with Gasteiger partial charge in [0.15, 0.2) is 0 Å². The van der Waals surface area contributed by atoms with E-state index in [1.54, 1.807) is 11.1 Å². The zero-order valence-electron chi connectivity index (χ0n) is 19.4. The van der Waals surface area contributed by atoms with Gasteiger partial charge in [0.05, 0.1) is 0 Å². The van der Waals surface area contributed by atoms with Crippen molar-refractivity contribution in [1.29, 1.82) is 0 Å². The summed E-state index contributed by atoms with van der Waals surface area (Å²) in [5.74, 6) is 2.73. The van der Waals surface area contributed by atoms with Gasteiger partial charge in [-0.05, 0) is 85.0 Å². The number of hydrogen-bond acceptors (Lipinski definition) is 0. The zero-order chi connectivity index (χ0) is 20.5. The van der Waals surface area contributed by atoms with Crippen molar-refractivity contribution >= 4 is 11.1 Å². The van der Waals surface area contributed by atoms with E-state index in [2.05, 4.69) is 57.2 Å². The lowest BCUT2D eigenvalue weighted by molar-refractivity contribution is 0.362. The van der Waals surface area contributed by atoms with Crippen LogP contribution in [0.3, 0.4) is 0 Å². The lowest BCUT2D eigenvalue weighted by Crippen LogP contribution is -2.09. The maximum atomic E-state index is 2.54. The van der Waals surface area contributed by atoms with Crippen molar-refractivity contribution in [2.75, 3.05) is 0 Å². The van der Waals surface area contributed by atoms with Crippen LogP contribution < -0.4 is 0 Å². The van der Waals surface area contributed by atoms with Gasteiger partial charge in [-0.25, -0.2) is 0 Å². The molecule has 160 valence electrons. The Morgan fingerprint density at radius 3 is 1.86 bits per heavy atom. The molecule has 0 heterocycles. The minimum absolute atomic E-state index is 0.883. The van der Waals surface area contributed by atoms with E-state index in [1.807, 2.05) is 0 Å². The summed E-state index contributed by atoms with van der Waals surface area (Å²) < 4.78 is 0. The first-order chi connectivity index (χ1) is 14.2. The van der Waals surface area contributed by atoms with E-state index in [9.17, 15) is 0 Å². The second-order valence-electron chi connectivity index (χ2n) is 9.92. The Morgan fingerprint density at radius 2 is 1.38 bits per heavy atom. The molecule has 1 aromatic rings. The number of hydrogen-bond donors (Lipinski definition) is 0. The summed E-state index contributed by atoms with van der Waals surface area (Å²) in [5.41, 5.74) is 6.10. The van der Waals surface area contributed by atoms with Gasteiger partial charge in [0.2, 0.25) is 0 Å². The molecule has 3 unspecified atom stereocenters. The van der Waals surface area contributed by atoms with Crippen molar-refractivity contribution in [1.82, 2.24) is 0 Å². The highest BCUT2D eigenvalue weighted by atomic mass is 14.2. The number of rotatable bonds is 10. The van der Waals surface area contributed by atoms with Crippen molar-refractivity contribution in [3.8, 4) is 0 Å². The van der Waals surface area contributed by atoms with E-state index < -0.39 is 0 Å². The highest BCUT2D eigenvalue weighted by Gasteiger charge is 2.18. The standard InChI is InChI=1S/C29H44/c1-4-6-7-8-9-24-10-14-26(15-11-24)28-18-20-29(21-19-28)27-16-12-25(13-17-27)22-23(3)5-2/h14,16,18-21,23-25H,4-13,15,17,22H2,1-3H3. The van der Waals surface area contributed by atoms with Crippen LogP contribution in [-0.4, -0.2) is 0 Å². The summed E-state index contributed by atoms with van der Waals surface area (Å²) in [6.45, 7) is 7.04. The van der Waals surface area contributed by atoms with Gasteiger partial charge in [-0.1, -0.05) is 95.7 Å². The zero-order valence-corrected chi connectivity index (χ0v) is 19.4. The lowest BCUT2D eigenvalue weighted by Gasteiger charge is -2.25. The van der Waals surface area contributed by atoms with E-state index in [0.29, 0.717) is 0 Å². The molecular formula is C29H44. The van der Waals surface area contributed by atoms with Crippen LogP contribution in [0.1, 0.15) is 115 Å². The topological polar surface area (TPSA) is 0 Å². The summed E-state index contributed by atoms with van der Waals surface area (Å²) in [5, 5.41) is 0. The van der Waals surface area contributed by atoms with E-state index >= 15 is 0 Å². The fourth-order valence-electron chi connectivity index (χ4n) is 5.27. The van der Waals surface area contributed by atoms with Crippen LogP contribution in [0.4, 0.5) is 0 Å². The Bertz CT molecular complexity index is 660. The normalized spacial score (nSPS) is 23.4. The fourth-order valence-corrected chi connectivity index (χ4v) is 5.27. The maximum absolute atomic E-state index is 2.54. The van der Waals surface area contributed by atoms with E-state index in [-0.39, 0.29) is 0 Å². The second kappa shape index (κ2) is 11.8. The molecule has 0 aromatic heterocycles. The first kappa shape index (κ1) is 22.4. The summed E-state index contributed by atoms with van der Waals surface area (Å²) in [6.07, 6.45) is 22.8. The van der Waals surface area contributed by atoms with Gasteiger partial charge in [0, 0.05) is 0 Å². The van der Waals surface area contributed by atoms with Gasteiger partial charge in [0.25, 0.3) is 0 Å². The average molecular weight is 393 g/mol. The van der Waals surface area contributed by atoms with Crippen molar-refractivity contribution in [2.24, 2.45) is 17.8 Å². The number of benzene rings is 1. The lowest BCUT2D eigenvalue weighted by atomic mass is 9.81. The van der Waals surface area contributed by atoms with Gasteiger partial charge in [-0.15, -0.1) is 0 Å². The van der Waals surface area contributed by atoms with Crippen molar-refractivity contribution in [3.63, 3.8) is 0 Å². The second-order valence-corrected chi connectivity index (χ2v) is 9.92. The summed E-state index contributed by atoms with van der Waals surface area (Å²) in [7, 11) is 0. The molecule has 29 heavy (non-hydrogen) atoms. The minimum Gasteiger partial charge on any atom is -0.0804 e. The van der Waals surface area contributed by atoms with Crippen LogP contribution >= 0.6 is 0 Å². The van der Waals surface area contributed by atoms with Crippen molar-refractivity contribution < 1.29 is 0 Å². The molecule has 2 aliphatic rings. The third-order valence-corrected chi connectivity index (χ3v) is 7.56. The van der Waals surface area contributed by atoms with Crippen LogP contribution in [0, 0.1) is 17.8 Å². The van der Waals surface area contributed by atoms with Crippen LogP contribution in [0.5, 0.6) is 0 Å². The molecule has 3 rings (SSSR count). The molecule has 0 radical (unpaired) electrons. The molecule has 0 heteroatoms. The molecule has 0 amide bonds. The average Bonchev–Trinajstić information content (AvgIpc) is 2.78. The third kappa shape index (κ3) is 6.87. The van der Waals surface area contributed by atoms with Gasteiger partial charge in [-0.3, -0.25) is 0 Å². The predicted molar refractivity (Wildman–Crippen MR) is 130 cm³/mol. The molecule has 0 nitrogen and oxygen atoms in total. The summed E-state index contributed by atoms with van der Waals surface area (Å²) in [4.78, 5) is 0. The quantitative estimate of drug-likeness (QED) is 0.348. The monoisotopic (exact) mass is 392 g/mol. The molecule has 0 N–H and O–H groups in total. The van der Waals surface area contributed by atoms with E-state index in [4.69, 9.17) is 0 Å². The SMILES string of the molecule is CCCCCCC1CC=C(c2ccc(C3=CCC(CC(C)CC)CC3)cc2)CC1. The van der Waals surface area contributed by atoms with Gasteiger partial charge in [0.1, 0.15) is 0 Å². The van der Waals surface area contributed by atoms with Crippen molar-refractivity contribution in [2.45, 2.75) is 104 Å². The fraction of sp³-hybridized carbons (Fsp3) is 0.655. The summed E-state index contributed by atoms with van der Waals surface area (Å²) >= 11 is 0. The van der Waals surface area contributed by atoms with Gasteiger partial charge < -0.3 is 0 Å². The van der Waals surface area contributed by atoms with Crippen LogP contribution in [0.25, 0.3) is 11.1 Å². The Kier molecular flexibility index (Phi) is 9.09. The number of unbranched alkanes of at least 4 members (excludes halogenated alkanes) is 3. The molecule has 0 spiro atoms. The highest BCUT2D eigenvalue weighted by molar-refractivity contribution is 5.71. The van der Waals surface area contributed by atoms with E-state index in [1.165, 1.54) is 94.6 Å². The molecular weight excluding hydrogens is 348 g/mol. The van der Waals surface area contributed by atoms with Gasteiger partial charge >= 0.3 is 0 Å². The molecule has 0 saturated carbocycles. The Hall–Kier alpha value is -1.30. The first-order valence-electron chi connectivity index (χ1n) is 12.7. The predicted octanol–water partition coefficient (Wildman–Crippen LogP) is 9.46. The molecule has 3 atom stereocenters. The molecule has 0 aliphatic heterocycles. The Balaban J connectivity index is 1.50. The highest BCUT2D eigenvalue weighted by Crippen LogP contribution is 2.36. The van der Waals surface area contributed by atoms with Crippen LogP contribution in [-0.2, 0) is 0 Å². The van der Waals surface area contributed by atoms with Crippen LogP contribution in [0.2, 0.25) is 0 Å². The molecule has 1 aromatic carbocycles. The van der Waals surface area contributed by atoms with Gasteiger partial charge in [-0.2, -0.15) is 0 Å². The maximum Gasteiger partial charge on any atom is -0.0227 e. The molecule has 0 bridgehead atoms. The summed E-state index contributed by atoms with van der Waals surface area (Å²) in [6, 6.07) is 9.53. The Labute approximate surface area is 180 Å². The number of allylic oxidation sites excluding steroid dienone is 4.